The van der Waals surface area contributed by atoms with Crippen LogP contribution < -0.4 is 14.5 Å². The third-order valence-corrected chi connectivity index (χ3v) is 8.27. The first-order valence-corrected chi connectivity index (χ1v) is 14.9. The molecule has 0 radical (unpaired) electrons. The third kappa shape index (κ3) is 6.39. The summed E-state index contributed by atoms with van der Waals surface area (Å²) in [6.45, 7) is 4.95. The summed E-state index contributed by atoms with van der Waals surface area (Å²) in [6, 6.07) is 8.42. The van der Waals surface area contributed by atoms with Crippen LogP contribution in [-0.2, 0) is 22.5 Å². The van der Waals surface area contributed by atoms with Gasteiger partial charge in [0.2, 0.25) is 5.91 Å². The average molecular weight is 586 g/mol. The molecule has 6 rings (SSSR count). The lowest BCUT2D eigenvalue weighted by Gasteiger charge is -2.42. The van der Waals surface area contributed by atoms with E-state index in [-0.39, 0.29) is 18.4 Å². The van der Waals surface area contributed by atoms with Crippen LogP contribution in [0.2, 0.25) is 0 Å². The minimum atomic E-state index is -0.707. The van der Waals surface area contributed by atoms with Gasteiger partial charge in [-0.3, -0.25) is 9.78 Å². The summed E-state index contributed by atoms with van der Waals surface area (Å²) in [5.41, 5.74) is 4.21. The second kappa shape index (κ2) is 12.9. The lowest BCUT2D eigenvalue weighted by atomic mass is 10.0. The van der Waals surface area contributed by atoms with Crippen molar-refractivity contribution in [1.29, 1.82) is 5.26 Å². The van der Waals surface area contributed by atoms with E-state index in [4.69, 9.17) is 19.4 Å². The first-order chi connectivity index (χ1) is 21.1. The van der Waals surface area contributed by atoms with E-state index in [9.17, 15) is 14.4 Å². The highest BCUT2D eigenvalue weighted by Crippen LogP contribution is 2.35. The number of carbonyl (C=O) groups is 1. The molecule has 1 aromatic carbocycles. The number of ether oxygens (including phenoxy) is 2. The molecule has 43 heavy (non-hydrogen) atoms. The van der Waals surface area contributed by atoms with Gasteiger partial charge in [0.1, 0.15) is 19.1 Å². The molecule has 1 aliphatic carbocycles. The Kier molecular flexibility index (Phi) is 8.65. The maximum Gasteiger partial charge on any atom is 0.318 e. The number of nitriles is 1. The molecule has 224 valence electrons. The molecule has 1 saturated carbocycles. The number of alkyl halides is 1. The van der Waals surface area contributed by atoms with E-state index in [0.717, 1.165) is 54.0 Å². The molecule has 2 fully saturated rings. The second-order valence-corrected chi connectivity index (χ2v) is 11.2. The van der Waals surface area contributed by atoms with Gasteiger partial charge in [-0.25, -0.2) is 4.39 Å². The number of allylic oxidation sites excluding steroid dienone is 1. The van der Waals surface area contributed by atoms with Gasteiger partial charge in [0.15, 0.2) is 0 Å². The SMILES string of the molecule is Cc1cccc2cncc(N3CCc4c(nc(OCCOC5CC5)nc4N4CCN(C(=O)/C=C/CF)[C@@H](CC#N)C4)C3)c12. The van der Waals surface area contributed by atoms with E-state index in [2.05, 4.69) is 46.0 Å². The van der Waals surface area contributed by atoms with E-state index in [1.54, 1.807) is 4.90 Å². The number of rotatable bonds is 10. The topological polar surface area (TPSA) is 108 Å². The van der Waals surface area contributed by atoms with Crippen molar-refractivity contribution in [2.45, 2.75) is 51.3 Å². The number of hydrogen-bond donors (Lipinski definition) is 0. The van der Waals surface area contributed by atoms with E-state index in [0.29, 0.717) is 51.5 Å². The van der Waals surface area contributed by atoms with Crippen LogP contribution in [0.15, 0.2) is 42.7 Å². The zero-order chi connectivity index (χ0) is 29.8. The quantitative estimate of drug-likeness (QED) is 0.259. The summed E-state index contributed by atoms with van der Waals surface area (Å²) in [6.07, 6.45) is 9.70. The lowest BCUT2D eigenvalue weighted by Crippen LogP contribution is -2.55. The molecule has 0 spiro atoms. The molecular formula is C32H36FN7O3. The van der Waals surface area contributed by atoms with Crippen molar-refractivity contribution >= 4 is 28.2 Å². The van der Waals surface area contributed by atoms with E-state index >= 15 is 0 Å². The highest BCUT2D eigenvalue weighted by molar-refractivity contribution is 5.96. The molecule has 10 nitrogen and oxygen atoms in total. The standard InChI is InChI=1S/C32H36FN7O3/c1-22-4-2-5-23-18-35-19-28(30(22)23)38-13-10-26-27(21-38)36-32(43-17-16-42-25-7-8-25)37-31(26)39-14-15-40(24(20-39)9-12-34)29(41)6-3-11-33/h2-6,18-19,24-25H,7-11,13-17,20-21H2,1H3/b6-3+/t24-/m0/s1. The molecule has 2 aromatic heterocycles. The van der Waals surface area contributed by atoms with E-state index in [1.165, 1.54) is 23.1 Å². The first-order valence-electron chi connectivity index (χ1n) is 14.9. The van der Waals surface area contributed by atoms with Crippen LogP contribution in [0.5, 0.6) is 6.01 Å². The number of nitrogens with zero attached hydrogens (tertiary/aromatic N) is 7. The predicted octanol–water partition coefficient (Wildman–Crippen LogP) is 3.91. The van der Waals surface area contributed by atoms with Gasteiger partial charge in [-0.2, -0.15) is 15.2 Å². The Bertz CT molecular complexity index is 1550. The van der Waals surface area contributed by atoms with Gasteiger partial charge in [-0.15, -0.1) is 0 Å². The van der Waals surface area contributed by atoms with Crippen molar-refractivity contribution in [2.75, 3.05) is 55.9 Å². The summed E-state index contributed by atoms with van der Waals surface area (Å²) < 4.78 is 24.5. The zero-order valence-electron chi connectivity index (χ0n) is 24.4. The molecule has 1 atom stereocenters. The number of fused-ring (bicyclic) bond motifs is 2. The largest absolute Gasteiger partial charge is 0.461 e. The maximum atomic E-state index is 12.7. The number of carbonyl (C=O) groups excluding carboxylic acids is 1. The predicted molar refractivity (Wildman–Crippen MR) is 161 cm³/mol. The van der Waals surface area contributed by atoms with E-state index in [1.807, 2.05) is 12.4 Å². The number of halogens is 1. The first kappa shape index (κ1) is 28.8. The Balaban J connectivity index is 1.29. The fourth-order valence-corrected chi connectivity index (χ4v) is 6.00. The zero-order valence-corrected chi connectivity index (χ0v) is 24.4. The van der Waals surface area contributed by atoms with Crippen LogP contribution in [0.3, 0.4) is 0 Å². The van der Waals surface area contributed by atoms with Gasteiger partial charge in [-0.05, 0) is 37.8 Å². The Hall–Kier alpha value is -4.30. The van der Waals surface area contributed by atoms with Gasteiger partial charge in [-0.1, -0.05) is 18.2 Å². The Morgan fingerprint density at radius 2 is 2.05 bits per heavy atom. The highest BCUT2D eigenvalue weighted by atomic mass is 19.1. The van der Waals surface area contributed by atoms with E-state index < -0.39 is 6.67 Å². The molecule has 3 aromatic rings. The van der Waals surface area contributed by atoms with Crippen LogP contribution in [0.25, 0.3) is 10.8 Å². The smallest absolute Gasteiger partial charge is 0.318 e. The minimum Gasteiger partial charge on any atom is -0.461 e. The summed E-state index contributed by atoms with van der Waals surface area (Å²) >= 11 is 0. The van der Waals surface area contributed by atoms with Gasteiger partial charge < -0.3 is 24.2 Å². The molecule has 0 N–H and O–H groups in total. The van der Waals surface area contributed by atoms with Crippen molar-refractivity contribution in [1.82, 2.24) is 19.9 Å². The van der Waals surface area contributed by atoms with Gasteiger partial charge in [0, 0.05) is 54.8 Å². The monoisotopic (exact) mass is 585 g/mol. The Labute approximate surface area is 250 Å². The Morgan fingerprint density at radius 3 is 2.86 bits per heavy atom. The molecule has 4 heterocycles. The molecule has 1 amide bonds. The normalized spacial score (nSPS) is 18.6. The van der Waals surface area contributed by atoms with Crippen molar-refractivity contribution in [3.63, 3.8) is 0 Å². The number of hydrogen-bond acceptors (Lipinski definition) is 9. The fraction of sp³-hybridized carbons (Fsp3) is 0.469. The molecule has 3 aliphatic rings. The number of anilines is 2. The van der Waals surface area contributed by atoms with Crippen LogP contribution in [0.1, 0.15) is 36.1 Å². The van der Waals surface area contributed by atoms with Gasteiger partial charge >= 0.3 is 6.01 Å². The number of aryl methyl sites for hydroxylation is 1. The third-order valence-electron chi connectivity index (χ3n) is 8.27. The summed E-state index contributed by atoms with van der Waals surface area (Å²) in [5, 5.41) is 11.8. The highest BCUT2D eigenvalue weighted by Gasteiger charge is 2.33. The van der Waals surface area contributed by atoms with Crippen molar-refractivity contribution < 1.29 is 18.7 Å². The summed E-state index contributed by atoms with van der Waals surface area (Å²) in [5.74, 6) is 0.501. The van der Waals surface area contributed by atoms with Crippen LogP contribution >= 0.6 is 0 Å². The van der Waals surface area contributed by atoms with Gasteiger partial charge in [0.25, 0.3) is 0 Å². The van der Waals surface area contributed by atoms with Crippen LogP contribution in [-0.4, -0.2) is 84.0 Å². The number of amides is 1. The van der Waals surface area contributed by atoms with Crippen molar-refractivity contribution in [3.05, 3.63) is 59.6 Å². The average Bonchev–Trinajstić information content (AvgIpc) is 3.86. The van der Waals surface area contributed by atoms with Crippen molar-refractivity contribution in [2.24, 2.45) is 0 Å². The number of piperazine rings is 1. The summed E-state index contributed by atoms with van der Waals surface area (Å²) in [7, 11) is 0. The fourth-order valence-electron chi connectivity index (χ4n) is 6.00. The van der Waals surface area contributed by atoms with Crippen molar-refractivity contribution in [3.8, 4) is 12.1 Å². The molecule has 1 saturated heterocycles. The maximum absolute atomic E-state index is 12.7. The number of benzene rings is 1. The summed E-state index contributed by atoms with van der Waals surface area (Å²) in [4.78, 5) is 33.1. The van der Waals surface area contributed by atoms with Crippen LogP contribution in [0.4, 0.5) is 15.9 Å². The molecule has 2 aliphatic heterocycles. The minimum absolute atomic E-state index is 0.169. The molecule has 11 heteroatoms. The van der Waals surface area contributed by atoms with Gasteiger partial charge in [0.05, 0.1) is 55.4 Å². The number of pyridine rings is 1. The lowest BCUT2D eigenvalue weighted by molar-refractivity contribution is -0.128. The van der Waals surface area contributed by atoms with Crippen LogP contribution in [0, 0.1) is 18.3 Å². The molecule has 0 unspecified atom stereocenters. The molecular weight excluding hydrogens is 549 g/mol. The molecule has 0 bridgehead atoms. The number of aromatic nitrogens is 3. The second-order valence-electron chi connectivity index (χ2n) is 11.2. The Morgan fingerprint density at radius 1 is 1.16 bits per heavy atom.